The van der Waals surface area contributed by atoms with Gasteiger partial charge in [-0.05, 0) is 25.0 Å². The van der Waals surface area contributed by atoms with Crippen LogP contribution in [0.15, 0.2) is 34.9 Å². The molecule has 0 saturated heterocycles. The third-order valence-corrected chi connectivity index (χ3v) is 2.94. The molecule has 0 atom stereocenters. The molecule has 1 aliphatic heterocycles. The van der Waals surface area contributed by atoms with Crippen LogP contribution in [0, 0.1) is 6.92 Å². The first-order chi connectivity index (χ1) is 8.25. The summed E-state index contributed by atoms with van der Waals surface area (Å²) in [6.07, 6.45) is 2.46. The minimum Gasteiger partial charge on any atom is -0.438 e. The van der Waals surface area contributed by atoms with Gasteiger partial charge in [0.2, 0.25) is 0 Å². The fourth-order valence-corrected chi connectivity index (χ4v) is 2.12. The molecule has 2 heterocycles. The molecule has 0 bridgehead atoms. The Morgan fingerprint density at radius 2 is 2.24 bits per heavy atom. The van der Waals surface area contributed by atoms with Crippen molar-refractivity contribution in [1.82, 2.24) is 4.98 Å². The molecule has 1 amide bonds. The number of rotatable bonds is 1. The van der Waals surface area contributed by atoms with E-state index >= 15 is 0 Å². The lowest BCUT2D eigenvalue weighted by Gasteiger charge is -2.14. The fourth-order valence-electron chi connectivity index (χ4n) is 2.12. The Morgan fingerprint density at radius 1 is 1.41 bits per heavy atom. The lowest BCUT2D eigenvalue weighted by Crippen LogP contribution is -2.29. The van der Waals surface area contributed by atoms with E-state index in [-0.39, 0.29) is 11.8 Å². The van der Waals surface area contributed by atoms with Crippen LogP contribution in [0.5, 0.6) is 0 Å². The third-order valence-electron chi connectivity index (χ3n) is 2.94. The normalized spacial score (nSPS) is 13.8. The zero-order valence-corrected chi connectivity index (χ0v) is 9.51. The van der Waals surface area contributed by atoms with Crippen LogP contribution in [0.2, 0.25) is 0 Å². The van der Waals surface area contributed by atoms with Crippen molar-refractivity contribution in [2.75, 3.05) is 11.4 Å². The van der Waals surface area contributed by atoms with Gasteiger partial charge in [-0.15, -0.1) is 0 Å². The largest absolute Gasteiger partial charge is 0.438 e. The van der Waals surface area contributed by atoms with Crippen LogP contribution in [0.25, 0.3) is 0 Å². The molecule has 0 spiro atoms. The number of oxazole rings is 1. The summed E-state index contributed by atoms with van der Waals surface area (Å²) in [4.78, 5) is 17.9. The molecule has 1 aliphatic rings. The highest BCUT2D eigenvalue weighted by Gasteiger charge is 2.27. The van der Waals surface area contributed by atoms with Crippen molar-refractivity contribution in [2.45, 2.75) is 13.3 Å². The number of nitrogens with zero attached hydrogens (tertiary/aromatic N) is 2. The molecule has 86 valence electrons. The van der Waals surface area contributed by atoms with Gasteiger partial charge >= 0.3 is 5.91 Å². The Labute approximate surface area is 98.9 Å². The first-order valence-corrected chi connectivity index (χ1v) is 5.58. The smallest absolute Gasteiger partial charge is 0.314 e. The molecule has 0 N–H and O–H groups in total. The molecular formula is C13H12N2O2. The van der Waals surface area contributed by atoms with Crippen molar-refractivity contribution in [1.29, 1.82) is 0 Å². The Hall–Kier alpha value is -2.10. The Kier molecular flexibility index (Phi) is 2.21. The maximum Gasteiger partial charge on any atom is 0.314 e. The van der Waals surface area contributed by atoms with Gasteiger partial charge in [-0.2, -0.15) is 0 Å². The molecule has 3 rings (SSSR count). The first-order valence-electron chi connectivity index (χ1n) is 5.58. The highest BCUT2D eigenvalue weighted by molar-refractivity contribution is 6.04. The van der Waals surface area contributed by atoms with Crippen molar-refractivity contribution in [3.63, 3.8) is 0 Å². The number of hydrogen-bond acceptors (Lipinski definition) is 3. The number of benzene rings is 1. The Bertz CT molecular complexity index is 574. The number of carbonyl (C=O) groups excluding carboxylic acids is 1. The summed E-state index contributed by atoms with van der Waals surface area (Å²) in [5, 5.41) is 0. The van der Waals surface area contributed by atoms with Gasteiger partial charge in [0.1, 0.15) is 5.76 Å². The van der Waals surface area contributed by atoms with Crippen LogP contribution in [-0.4, -0.2) is 17.4 Å². The molecule has 0 fully saturated rings. The average Bonchev–Trinajstić information content (AvgIpc) is 2.94. The summed E-state index contributed by atoms with van der Waals surface area (Å²) in [6.45, 7) is 2.47. The molecule has 4 heteroatoms. The van der Waals surface area contributed by atoms with Crippen LogP contribution in [0.3, 0.4) is 0 Å². The first kappa shape index (κ1) is 10.1. The molecule has 0 unspecified atom stereocenters. The standard InChI is InChI=1S/C13H12N2O2/c1-9-8-14-12(17-9)13(16)15-7-6-10-4-2-3-5-11(10)15/h2-5,8H,6-7H2,1H3. The highest BCUT2D eigenvalue weighted by atomic mass is 16.4. The van der Waals surface area contributed by atoms with Crippen LogP contribution >= 0.6 is 0 Å². The SMILES string of the molecule is Cc1cnc(C(=O)N2CCc3ccccc32)o1. The molecule has 0 saturated carbocycles. The summed E-state index contributed by atoms with van der Waals surface area (Å²) in [6, 6.07) is 7.92. The van der Waals surface area contributed by atoms with E-state index in [1.165, 1.54) is 5.56 Å². The summed E-state index contributed by atoms with van der Waals surface area (Å²) >= 11 is 0. The van der Waals surface area contributed by atoms with Crippen LogP contribution in [-0.2, 0) is 6.42 Å². The van der Waals surface area contributed by atoms with Crippen LogP contribution < -0.4 is 4.90 Å². The molecule has 0 aliphatic carbocycles. The molecule has 17 heavy (non-hydrogen) atoms. The lowest BCUT2D eigenvalue weighted by atomic mass is 10.2. The number of fused-ring (bicyclic) bond motifs is 1. The van der Waals surface area contributed by atoms with Gasteiger partial charge in [-0.1, -0.05) is 18.2 Å². The molecule has 2 aromatic rings. The van der Waals surface area contributed by atoms with Crippen molar-refractivity contribution in [3.8, 4) is 0 Å². The van der Waals surface area contributed by atoms with E-state index in [0.717, 1.165) is 12.1 Å². The van der Waals surface area contributed by atoms with E-state index in [0.29, 0.717) is 12.3 Å². The van der Waals surface area contributed by atoms with E-state index in [9.17, 15) is 4.79 Å². The number of aromatic nitrogens is 1. The lowest BCUT2D eigenvalue weighted by molar-refractivity contribution is 0.0955. The summed E-state index contributed by atoms with van der Waals surface area (Å²) in [7, 11) is 0. The average molecular weight is 228 g/mol. The van der Waals surface area contributed by atoms with Crippen LogP contribution in [0.1, 0.15) is 22.0 Å². The fraction of sp³-hybridized carbons (Fsp3) is 0.231. The molecule has 1 aromatic carbocycles. The van der Waals surface area contributed by atoms with Gasteiger partial charge in [0.25, 0.3) is 5.89 Å². The van der Waals surface area contributed by atoms with Crippen molar-refractivity contribution in [2.24, 2.45) is 0 Å². The number of hydrogen-bond donors (Lipinski definition) is 0. The van der Waals surface area contributed by atoms with Gasteiger partial charge in [0.15, 0.2) is 0 Å². The maximum absolute atomic E-state index is 12.2. The highest BCUT2D eigenvalue weighted by Crippen LogP contribution is 2.28. The monoisotopic (exact) mass is 228 g/mol. The third kappa shape index (κ3) is 1.62. The minimum atomic E-state index is -0.164. The second-order valence-corrected chi connectivity index (χ2v) is 4.11. The van der Waals surface area contributed by atoms with Crippen molar-refractivity contribution >= 4 is 11.6 Å². The predicted molar refractivity (Wildman–Crippen MR) is 63.1 cm³/mol. The van der Waals surface area contributed by atoms with E-state index in [1.807, 2.05) is 24.3 Å². The van der Waals surface area contributed by atoms with Gasteiger partial charge in [-0.25, -0.2) is 4.98 Å². The number of para-hydroxylation sites is 1. The quantitative estimate of drug-likeness (QED) is 0.751. The minimum absolute atomic E-state index is 0.164. The van der Waals surface area contributed by atoms with Crippen LogP contribution in [0.4, 0.5) is 5.69 Å². The molecule has 4 nitrogen and oxygen atoms in total. The predicted octanol–water partition coefficient (Wildman–Crippen LogP) is 2.19. The molecule has 0 radical (unpaired) electrons. The summed E-state index contributed by atoms with van der Waals surface area (Å²) in [5.41, 5.74) is 2.16. The van der Waals surface area contributed by atoms with Gasteiger partial charge < -0.3 is 9.32 Å². The van der Waals surface area contributed by atoms with Gasteiger partial charge in [0, 0.05) is 12.2 Å². The molecule has 1 aromatic heterocycles. The zero-order valence-electron chi connectivity index (χ0n) is 9.51. The van der Waals surface area contributed by atoms with Crippen molar-refractivity contribution < 1.29 is 9.21 Å². The number of carbonyl (C=O) groups is 1. The summed E-state index contributed by atoms with van der Waals surface area (Å²) in [5.74, 6) is 0.656. The number of aryl methyl sites for hydroxylation is 1. The van der Waals surface area contributed by atoms with E-state index in [1.54, 1.807) is 18.0 Å². The molecular weight excluding hydrogens is 216 g/mol. The second-order valence-electron chi connectivity index (χ2n) is 4.11. The topological polar surface area (TPSA) is 46.3 Å². The van der Waals surface area contributed by atoms with Gasteiger partial charge in [0.05, 0.1) is 6.20 Å². The second kappa shape index (κ2) is 3.73. The van der Waals surface area contributed by atoms with E-state index in [2.05, 4.69) is 4.98 Å². The number of amides is 1. The Balaban J connectivity index is 1.95. The Morgan fingerprint density at radius 3 is 3.00 bits per heavy atom. The summed E-state index contributed by atoms with van der Waals surface area (Å²) < 4.78 is 5.27. The van der Waals surface area contributed by atoms with E-state index in [4.69, 9.17) is 4.42 Å². The maximum atomic E-state index is 12.2. The van der Waals surface area contributed by atoms with E-state index < -0.39 is 0 Å². The van der Waals surface area contributed by atoms with Crippen molar-refractivity contribution in [3.05, 3.63) is 47.7 Å². The van der Waals surface area contributed by atoms with Gasteiger partial charge in [-0.3, -0.25) is 4.79 Å². The zero-order chi connectivity index (χ0) is 11.8. The number of anilines is 1.